The van der Waals surface area contributed by atoms with Gasteiger partial charge in [-0.3, -0.25) is 4.98 Å². The van der Waals surface area contributed by atoms with Crippen molar-refractivity contribution in [2.45, 2.75) is 0 Å². The van der Waals surface area contributed by atoms with E-state index in [0.717, 1.165) is 15.9 Å². The van der Waals surface area contributed by atoms with Crippen LogP contribution in [0.3, 0.4) is 0 Å². The Morgan fingerprint density at radius 3 is 3.12 bits per heavy atom. The second-order valence-corrected chi connectivity index (χ2v) is 4.63. The number of pyridine rings is 1. The maximum absolute atomic E-state index is 4.65. The molecule has 0 aliphatic heterocycles. The molecule has 0 unspecified atom stereocenters. The van der Waals surface area contributed by atoms with Gasteiger partial charge in [-0.2, -0.15) is 0 Å². The van der Waals surface area contributed by atoms with Crippen molar-refractivity contribution in [3.8, 4) is 0 Å². The molecule has 1 radical (unpaired) electrons. The third kappa shape index (κ3) is 1.45. The van der Waals surface area contributed by atoms with Gasteiger partial charge in [0.15, 0.2) is 0 Å². The summed E-state index contributed by atoms with van der Waals surface area (Å²) < 4.78 is 2.13. The molecular formula is C13H7IrN2S-. The predicted molar refractivity (Wildman–Crippen MR) is 66.9 cm³/mol. The average molecular weight is 415 g/mol. The second-order valence-electron chi connectivity index (χ2n) is 3.73. The number of thiophene rings is 1. The molecule has 17 heavy (non-hydrogen) atoms. The molecule has 0 amide bonds. The van der Waals surface area contributed by atoms with Crippen molar-refractivity contribution >= 4 is 38.1 Å². The van der Waals surface area contributed by atoms with Crippen LogP contribution in [-0.4, -0.2) is 9.38 Å². The maximum atomic E-state index is 4.65. The van der Waals surface area contributed by atoms with Gasteiger partial charge < -0.3 is 4.40 Å². The van der Waals surface area contributed by atoms with E-state index in [2.05, 4.69) is 45.2 Å². The Hall–Kier alpha value is -1.22. The van der Waals surface area contributed by atoms with Gasteiger partial charge >= 0.3 is 0 Å². The zero-order valence-corrected chi connectivity index (χ0v) is 11.9. The van der Waals surface area contributed by atoms with E-state index in [1.54, 1.807) is 11.3 Å². The molecule has 0 spiro atoms. The number of benzene rings is 1. The molecule has 0 aliphatic carbocycles. The number of aromatic nitrogens is 2. The molecule has 3 aromatic heterocycles. The van der Waals surface area contributed by atoms with Crippen LogP contribution in [0.1, 0.15) is 0 Å². The van der Waals surface area contributed by atoms with Gasteiger partial charge in [-0.1, -0.05) is 6.07 Å². The Kier molecular flexibility index (Phi) is 2.51. The summed E-state index contributed by atoms with van der Waals surface area (Å²) in [5.41, 5.74) is 2.18. The van der Waals surface area contributed by atoms with E-state index < -0.39 is 0 Å². The van der Waals surface area contributed by atoms with Crippen molar-refractivity contribution in [3.05, 3.63) is 48.0 Å². The van der Waals surface area contributed by atoms with Crippen LogP contribution in [0.4, 0.5) is 0 Å². The van der Waals surface area contributed by atoms with Gasteiger partial charge in [-0.25, -0.2) is 0 Å². The van der Waals surface area contributed by atoms with E-state index in [4.69, 9.17) is 0 Å². The molecule has 1 aromatic carbocycles. The summed E-state index contributed by atoms with van der Waals surface area (Å²) in [5.74, 6) is 0. The van der Waals surface area contributed by atoms with Gasteiger partial charge in [0, 0.05) is 20.1 Å². The Morgan fingerprint density at radius 2 is 2.18 bits per heavy atom. The molecule has 0 fully saturated rings. The van der Waals surface area contributed by atoms with E-state index in [1.165, 1.54) is 10.9 Å². The SMILES string of the molecule is [Ir].[c-]1cccc2ccn3c4ccsc4nc3c12. The molecule has 0 saturated carbocycles. The van der Waals surface area contributed by atoms with Crippen molar-refractivity contribution in [3.63, 3.8) is 0 Å². The van der Waals surface area contributed by atoms with Crippen LogP contribution in [0.2, 0.25) is 0 Å². The van der Waals surface area contributed by atoms with Gasteiger partial charge in [0.05, 0.1) is 11.2 Å². The number of imidazole rings is 1. The van der Waals surface area contributed by atoms with Crippen molar-refractivity contribution in [2.24, 2.45) is 0 Å². The summed E-state index contributed by atoms with van der Waals surface area (Å²) in [6, 6.07) is 13.5. The van der Waals surface area contributed by atoms with E-state index in [-0.39, 0.29) is 20.1 Å². The van der Waals surface area contributed by atoms with E-state index in [0.29, 0.717) is 0 Å². The number of nitrogens with zero attached hydrogens (tertiary/aromatic N) is 2. The minimum atomic E-state index is 0. The Labute approximate surface area is 115 Å². The predicted octanol–water partition coefficient (Wildman–Crippen LogP) is 3.50. The minimum absolute atomic E-state index is 0. The monoisotopic (exact) mass is 416 g/mol. The van der Waals surface area contributed by atoms with Gasteiger partial charge in [0.1, 0.15) is 4.83 Å². The number of rotatable bonds is 0. The van der Waals surface area contributed by atoms with Crippen LogP contribution in [0.5, 0.6) is 0 Å². The van der Waals surface area contributed by atoms with Crippen molar-refractivity contribution < 1.29 is 20.1 Å². The largest absolute Gasteiger partial charge is 0.340 e. The van der Waals surface area contributed by atoms with Crippen LogP contribution < -0.4 is 0 Å². The molecule has 0 aliphatic rings. The zero-order valence-electron chi connectivity index (χ0n) is 8.68. The van der Waals surface area contributed by atoms with Gasteiger partial charge in [0.2, 0.25) is 0 Å². The van der Waals surface area contributed by atoms with Crippen LogP contribution >= 0.6 is 11.3 Å². The summed E-state index contributed by atoms with van der Waals surface area (Å²) in [6.07, 6.45) is 2.08. The summed E-state index contributed by atoms with van der Waals surface area (Å²) >= 11 is 1.68. The smallest absolute Gasteiger partial charge is 0.131 e. The van der Waals surface area contributed by atoms with E-state index >= 15 is 0 Å². The fourth-order valence-electron chi connectivity index (χ4n) is 2.09. The first-order valence-electron chi connectivity index (χ1n) is 5.08. The summed E-state index contributed by atoms with van der Waals surface area (Å²) in [5, 5.41) is 4.35. The minimum Gasteiger partial charge on any atom is -0.340 e. The molecular weight excluding hydrogens is 408 g/mol. The first kappa shape index (κ1) is 10.9. The summed E-state index contributed by atoms with van der Waals surface area (Å²) in [4.78, 5) is 5.74. The molecule has 4 heteroatoms. The van der Waals surface area contributed by atoms with Crippen molar-refractivity contribution in [2.75, 3.05) is 0 Å². The number of hydrogen-bond donors (Lipinski definition) is 0. The van der Waals surface area contributed by atoms with Crippen LogP contribution in [0.25, 0.3) is 26.8 Å². The van der Waals surface area contributed by atoms with E-state index in [1.807, 2.05) is 12.1 Å². The second kappa shape index (κ2) is 3.91. The first-order valence-corrected chi connectivity index (χ1v) is 5.96. The molecule has 2 nitrogen and oxygen atoms in total. The first-order chi connectivity index (χ1) is 7.93. The molecule has 0 atom stereocenters. The van der Waals surface area contributed by atoms with Gasteiger partial charge in [-0.15, -0.1) is 46.4 Å². The standard InChI is InChI=1S/C13H7N2S.Ir/c1-2-4-10-9(3-1)5-7-15-11-6-8-16-13(11)14-12(10)15;/h1-3,5-8H;/q-1;. The fourth-order valence-corrected chi connectivity index (χ4v) is 2.84. The average Bonchev–Trinajstić information content (AvgIpc) is 2.88. The van der Waals surface area contributed by atoms with E-state index in [9.17, 15) is 0 Å². The topological polar surface area (TPSA) is 17.3 Å². The normalized spacial score (nSPS) is 11.1. The number of fused-ring (bicyclic) bond motifs is 5. The molecule has 4 aromatic rings. The summed E-state index contributed by atoms with van der Waals surface area (Å²) in [6.45, 7) is 0. The number of hydrogen-bond acceptors (Lipinski definition) is 2. The fraction of sp³-hybridized carbons (Fsp3) is 0. The quantitative estimate of drug-likeness (QED) is 0.402. The Morgan fingerprint density at radius 1 is 1.24 bits per heavy atom. The Balaban J connectivity index is 0.000000902. The molecule has 0 N–H and O–H groups in total. The maximum Gasteiger partial charge on any atom is 0.131 e. The van der Waals surface area contributed by atoms with Crippen LogP contribution in [0, 0.1) is 6.07 Å². The molecule has 0 bridgehead atoms. The van der Waals surface area contributed by atoms with Crippen molar-refractivity contribution in [1.82, 2.24) is 9.38 Å². The van der Waals surface area contributed by atoms with Gasteiger partial charge in [-0.05, 0) is 17.6 Å². The molecule has 4 rings (SSSR count). The van der Waals surface area contributed by atoms with Crippen LogP contribution in [0.15, 0.2) is 41.9 Å². The molecule has 85 valence electrons. The van der Waals surface area contributed by atoms with Crippen molar-refractivity contribution in [1.29, 1.82) is 0 Å². The third-order valence-electron chi connectivity index (χ3n) is 2.83. The van der Waals surface area contributed by atoms with Gasteiger partial charge in [0.25, 0.3) is 0 Å². The third-order valence-corrected chi connectivity index (χ3v) is 3.63. The molecule has 0 saturated heterocycles. The Bertz CT molecular complexity index is 810. The molecule has 3 heterocycles. The summed E-state index contributed by atoms with van der Waals surface area (Å²) in [7, 11) is 0. The van der Waals surface area contributed by atoms with Crippen LogP contribution in [-0.2, 0) is 20.1 Å². The zero-order chi connectivity index (χ0) is 10.5.